The number of hydrogen-bond donors (Lipinski definition) is 3. The van der Waals surface area contributed by atoms with Crippen LogP contribution in [0, 0.1) is 10.1 Å². The molecule has 1 saturated carbocycles. The van der Waals surface area contributed by atoms with Crippen LogP contribution in [0.5, 0.6) is 5.75 Å². The molecule has 36 heavy (non-hydrogen) atoms. The Balaban J connectivity index is 1.56. The van der Waals surface area contributed by atoms with E-state index in [2.05, 4.69) is 9.88 Å². The first kappa shape index (κ1) is 24.1. The number of hydrogen-bond acceptors (Lipinski definition) is 7. The van der Waals surface area contributed by atoms with Gasteiger partial charge in [-0.05, 0) is 63.0 Å². The first-order valence-electron chi connectivity index (χ1n) is 12.6. The predicted octanol–water partition coefficient (Wildman–Crippen LogP) is 4.34. The van der Waals surface area contributed by atoms with Gasteiger partial charge in [-0.25, -0.2) is 4.98 Å². The second kappa shape index (κ2) is 9.77. The van der Waals surface area contributed by atoms with Crippen LogP contribution in [0.15, 0.2) is 24.3 Å². The summed E-state index contributed by atoms with van der Waals surface area (Å²) >= 11 is 0. The Kier molecular flexibility index (Phi) is 6.53. The maximum atomic E-state index is 12.3. The standard InChI is InChI=1S/C26H32N6O4/c1-31-11-5-8-17(31)14-36-21-13-18(24(32(34)35)23(27)22(21)25(28)33)16-9-10-19-20(12-16)30-26(29-19)15-6-3-2-4-7-15/h9-10,12-13,15,17H,2-8,11,14,27H2,1H3,(H2,28,33)(H,29,30). The highest BCUT2D eigenvalue weighted by Crippen LogP contribution is 2.43. The van der Waals surface area contributed by atoms with Gasteiger partial charge in [-0.1, -0.05) is 25.3 Å². The van der Waals surface area contributed by atoms with E-state index in [0.29, 0.717) is 18.1 Å². The van der Waals surface area contributed by atoms with E-state index in [1.165, 1.54) is 25.3 Å². The number of nitrogens with one attached hydrogen (secondary N) is 1. The Morgan fingerprint density at radius 1 is 1.22 bits per heavy atom. The normalized spacial score (nSPS) is 19.1. The summed E-state index contributed by atoms with van der Waals surface area (Å²) in [5.41, 5.74) is 13.4. The number of ether oxygens (including phenoxy) is 1. The predicted molar refractivity (Wildman–Crippen MR) is 138 cm³/mol. The minimum atomic E-state index is -0.864. The Labute approximate surface area is 209 Å². The highest BCUT2D eigenvalue weighted by molar-refractivity contribution is 6.05. The van der Waals surface area contributed by atoms with Crippen LogP contribution in [0.3, 0.4) is 0 Å². The molecule has 3 aromatic rings. The van der Waals surface area contributed by atoms with Crippen molar-refractivity contribution >= 4 is 28.3 Å². The van der Waals surface area contributed by atoms with Gasteiger partial charge >= 0.3 is 5.69 Å². The molecule has 5 rings (SSSR count). The number of H-pyrrole nitrogens is 1. The number of nitrogens with two attached hydrogens (primary N) is 2. The Morgan fingerprint density at radius 3 is 2.67 bits per heavy atom. The lowest BCUT2D eigenvalue weighted by molar-refractivity contribution is -0.383. The number of rotatable bonds is 7. The molecule has 2 fully saturated rings. The molecule has 0 spiro atoms. The van der Waals surface area contributed by atoms with Crippen molar-refractivity contribution in [2.24, 2.45) is 5.73 Å². The minimum Gasteiger partial charge on any atom is -0.491 e. The number of nitrogen functional groups attached to an aromatic ring is 1. The molecule has 1 aliphatic carbocycles. The van der Waals surface area contributed by atoms with Crippen molar-refractivity contribution in [3.63, 3.8) is 0 Å². The zero-order valence-electron chi connectivity index (χ0n) is 20.5. The van der Waals surface area contributed by atoms with E-state index in [-0.39, 0.29) is 34.3 Å². The summed E-state index contributed by atoms with van der Waals surface area (Å²) in [4.78, 5) is 34.2. The Morgan fingerprint density at radius 2 is 2.00 bits per heavy atom. The van der Waals surface area contributed by atoms with Crippen LogP contribution in [-0.2, 0) is 0 Å². The highest BCUT2D eigenvalue weighted by Gasteiger charge is 2.30. The van der Waals surface area contributed by atoms with Gasteiger partial charge in [0, 0.05) is 12.0 Å². The molecule has 2 aliphatic rings. The van der Waals surface area contributed by atoms with Gasteiger partial charge in [0.15, 0.2) is 0 Å². The van der Waals surface area contributed by atoms with Gasteiger partial charge in [0.1, 0.15) is 29.4 Å². The molecule has 1 amide bonds. The molecule has 1 saturated heterocycles. The summed E-state index contributed by atoms with van der Waals surface area (Å²) in [5, 5.41) is 12.1. The van der Waals surface area contributed by atoms with E-state index in [9.17, 15) is 14.9 Å². The average Bonchev–Trinajstić information content (AvgIpc) is 3.47. The second-order valence-corrected chi connectivity index (χ2v) is 9.96. The molecule has 10 heteroatoms. The molecular weight excluding hydrogens is 460 g/mol. The van der Waals surface area contributed by atoms with Crippen LogP contribution < -0.4 is 16.2 Å². The van der Waals surface area contributed by atoms with Crippen molar-refractivity contribution in [1.29, 1.82) is 0 Å². The maximum Gasteiger partial charge on any atom is 0.300 e. The van der Waals surface area contributed by atoms with E-state index >= 15 is 0 Å². The summed E-state index contributed by atoms with van der Waals surface area (Å²) in [6.07, 6.45) is 7.91. The number of amides is 1. The van der Waals surface area contributed by atoms with Crippen LogP contribution in [0.2, 0.25) is 0 Å². The highest BCUT2D eigenvalue weighted by atomic mass is 16.6. The van der Waals surface area contributed by atoms with Crippen molar-refractivity contribution in [3.05, 3.63) is 45.8 Å². The largest absolute Gasteiger partial charge is 0.491 e. The van der Waals surface area contributed by atoms with Crippen LogP contribution in [0.25, 0.3) is 22.2 Å². The minimum absolute atomic E-state index is 0.158. The topological polar surface area (TPSA) is 153 Å². The van der Waals surface area contributed by atoms with Gasteiger partial charge in [0.2, 0.25) is 0 Å². The van der Waals surface area contributed by atoms with Gasteiger partial charge in [0.25, 0.3) is 5.91 Å². The van der Waals surface area contributed by atoms with Crippen molar-refractivity contribution in [2.45, 2.75) is 56.9 Å². The van der Waals surface area contributed by atoms with Gasteiger partial charge in [-0.3, -0.25) is 14.9 Å². The average molecular weight is 493 g/mol. The number of nitrogens with zero attached hydrogens (tertiary/aromatic N) is 3. The van der Waals surface area contributed by atoms with Crippen LogP contribution in [0.4, 0.5) is 11.4 Å². The first-order chi connectivity index (χ1) is 17.3. The number of primary amides is 1. The van der Waals surface area contributed by atoms with Crippen molar-refractivity contribution in [2.75, 3.05) is 25.9 Å². The number of aromatic nitrogens is 2. The lowest BCUT2D eigenvalue weighted by atomic mass is 9.89. The van der Waals surface area contributed by atoms with E-state index in [0.717, 1.165) is 49.1 Å². The Hall–Kier alpha value is -3.66. The molecule has 0 radical (unpaired) electrons. The number of benzene rings is 2. The van der Waals surface area contributed by atoms with Crippen LogP contribution in [0.1, 0.15) is 67.0 Å². The third kappa shape index (κ3) is 4.48. The van der Waals surface area contributed by atoms with Crippen molar-refractivity contribution in [3.8, 4) is 16.9 Å². The van der Waals surface area contributed by atoms with Gasteiger partial charge < -0.3 is 26.1 Å². The molecule has 190 valence electrons. The summed E-state index contributed by atoms with van der Waals surface area (Å²) in [7, 11) is 2.02. The molecule has 1 aromatic heterocycles. The van der Waals surface area contributed by atoms with Crippen LogP contribution >= 0.6 is 0 Å². The quantitative estimate of drug-likeness (QED) is 0.252. The molecule has 1 aliphatic heterocycles. The fourth-order valence-corrected chi connectivity index (χ4v) is 5.59. The fraction of sp³-hybridized carbons (Fsp3) is 0.462. The number of imidazole rings is 1. The summed E-state index contributed by atoms with van der Waals surface area (Å²) in [5.74, 6) is 0.663. The fourth-order valence-electron chi connectivity index (χ4n) is 5.59. The molecule has 10 nitrogen and oxygen atoms in total. The Bertz CT molecular complexity index is 1310. The molecule has 5 N–H and O–H groups in total. The number of nitro benzene ring substituents is 1. The number of anilines is 1. The van der Waals surface area contributed by atoms with Gasteiger partial charge in [-0.2, -0.15) is 0 Å². The van der Waals surface area contributed by atoms with Crippen LogP contribution in [-0.4, -0.2) is 51.9 Å². The number of likely N-dealkylation sites (tertiary alicyclic amines) is 1. The first-order valence-corrected chi connectivity index (χ1v) is 12.6. The summed E-state index contributed by atoms with van der Waals surface area (Å²) in [6.45, 7) is 1.30. The zero-order chi connectivity index (χ0) is 25.4. The number of carbonyl (C=O) groups excluding carboxylic acids is 1. The van der Waals surface area contributed by atoms with E-state index in [1.54, 1.807) is 6.07 Å². The lowest BCUT2D eigenvalue weighted by Gasteiger charge is -2.21. The van der Waals surface area contributed by atoms with Gasteiger partial charge in [0.05, 0.1) is 21.5 Å². The number of likely N-dealkylation sites (N-methyl/N-ethyl adjacent to an activating group) is 1. The number of nitro groups is 1. The molecular formula is C26H32N6O4. The smallest absolute Gasteiger partial charge is 0.300 e. The number of aromatic amines is 1. The molecule has 1 atom stereocenters. The summed E-state index contributed by atoms with van der Waals surface area (Å²) in [6, 6.07) is 7.19. The van der Waals surface area contributed by atoms with E-state index < -0.39 is 10.8 Å². The molecule has 0 bridgehead atoms. The van der Waals surface area contributed by atoms with E-state index in [1.807, 2.05) is 19.2 Å². The zero-order valence-corrected chi connectivity index (χ0v) is 20.5. The summed E-state index contributed by atoms with van der Waals surface area (Å²) < 4.78 is 6.03. The molecule has 2 aromatic carbocycles. The van der Waals surface area contributed by atoms with Gasteiger partial charge in [-0.15, -0.1) is 0 Å². The molecule has 1 unspecified atom stereocenters. The SMILES string of the molecule is CN1CCCC1COc1cc(-c2ccc3[nH]c(C4CCCCC4)nc3c2)c([N+](=O)[O-])c(N)c1C(N)=O. The monoisotopic (exact) mass is 492 g/mol. The third-order valence-electron chi connectivity index (χ3n) is 7.64. The lowest BCUT2D eigenvalue weighted by Crippen LogP contribution is -2.31. The van der Waals surface area contributed by atoms with Crippen molar-refractivity contribution in [1.82, 2.24) is 14.9 Å². The maximum absolute atomic E-state index is 12.3. The second-order valence-electron chi connectivity index (χ2n) is 9.96. The third-order valence-corrected chi connectivity index (χ3v) is 7.64. The van der Waals surface area contributed by atoms with E-state index in [4.69, 9.17) is 21.2 Å². The van der Waals surface area contributed by atoms with Crippen molar-refractivity contribution < 1.29 is 14.5 Å². The number of carbonyl (C=O) groups is 1. The molecule has 2 heterocycles. The number of fused-ring (bicyclic) bond motifs is 1.